The van der Waals surface area contributed by atoms with Crippen molar-refractivity contribution >= 4 is 17.9 Å². The summed E-state index contributed by atoms with van der Waals surface area (Å²) in [6, 6.07) is 13.3. The van der Waals surface area contributed by atoms with Crippen molar-refractivity contribution in [2.75, 3.05) is 13.2 Å². The quantitative estimate of drug-likeness (QED) is 0.403. The molecule has 3 atom stereocenters. The first-order valence-electron chi connectivity index (χ1n) is 13.2. The molecule has 208 valence electrons. The largest absolute Gasteiger partial charge is 0.444 e. The number of hydrogen-bond donors (Lipinski definition) is 3. The van der Waals surface area contributed by atoms with Gasteiger partial charge in [0.1, 0.15) is 17.7 Å². The van der Waals surface area contributed by atoms with Crippen LogP contribution in [-0.2, 0) is 20.9 Å². The number of aryl methyl sites for hydroxylation is 2. The molecule has 3 N–H and O–H groups in total. The third kappa shape index (κ3) is 9.17. The molecule has 8 nitrogen and oxygen atoms in total. The number of aliphatic hydroxyl groups excluding tert-OH is 1. The molecule has 0 radical (unpaired) electrons. The molecular formula is C30H43N3O5. The standard InChI is InChI=1S/C30H43N3O5/c1-8-22(4)25(32-29(37)38-30(5,6)7)28(36)33(14-15-34)26(24-17-20(2)16-21(3)18-24)27(35)31-19-23-12-10-9-11-13-23/h9-13,16-18,22,25-26,34H,8,14-15,19H2,1-7H3,(H,31,35)(H,32,37). The zero-order valence-electron chi connectivity index (χ0n) is 23.7. The van der Waals surface area contributed by atoms with Crippen molar-refractivity contribution in [1.82, 2.24) is 15.5 Å². The predicted molar refractivity (Wildman–Crippen MR) is 148 cm³/mol. The first kappa shape index (κ1) is 30.8. The fourth-order valence-corrected chi connectivity index (χ4v) is 4.29. The van der Waals surface area contributed by atoms with Gasteiger partial charge in [0, 0.05) is 13.1 Å². The van der Waals surface area contributed by atoms with E-state index in [4.69, 9.17) is 4.74 Å². The number of amides is 3. The fourth-order valence-electron chi connectivity index (χ4n) is 4.29. The summed E-state index contributed by atoms with van der Waals surface area (Å²) in [4.78, 5) is 41.8. The Morgan fingerprint density at radius 3 is 2.16 bits per heavy atom. The van der Waals surface area contributed by atoms with E-state index in [0.717, 1.165) is 16.7 Å². The second-order valence-corrected chi connectivity index (χ2v) is 10.8. The molecule has 0 aliphatic rings. The number of aliphatic hydroxyl groups is 1. The van der Waals surface area contributed by atoms with E-state index in [9.17, 15) is 19.5 Å². The van der Waals surface area contributed by atoms with Gasteiger partial charge >= 0.3 is 6.09 Å². The minimum absolute atomic E-state index is 0.0851. The lowest BCUT2D eigenvalue weighted by Gasteiger charge is -2.36. The molecular weight excluding hydrogens is 482 g/mol. The third-order valence-corrected chi connectivity index (χ3v) is 6.20. The van der Waals surface area contributed by atoms with Gasteiger partial charge in [-0.25, -0.2) is 4.79 Å². The zero-order valence-corrected chi connectivity index (χ0v) is 23.7. The summed E-state index contributed by atoms with van der Waals surface area (Å²) in [6.45, 7) is 12.7. The molecule has 2 aromatic carbocycles. The summed E-state index contributed by atoms with van der Waals surface area (Å²) >= 11 is 0. The van der Waals surface area contributed by atoms with Crippen LogP contribution in [0.1, 0.15) is 69.3 Å². The van der Waals surface area contributed by atoms with Gasteiger partial charge in [-0.1, -0.05) is 79.9 Å². The van der Waals surface area contributed by atoms with Crippen LogP contribution in [0, 0.1) is 19.8 Å². The molecule has 8 heteroatoms. The van der Waals surface area contributed by atoms with E-state index in [0.29, 0.717) is 12.0 Å². The Bertz CT molecular complexity index is 1060. The third-order valence-electron chi connectivity index (χ3n) is 6.20. The summed E-state index contributed by atoms with van der Waals surface area (Å²) in [6.07, 6.45) is -0.107. The lowest BCUT2D eigenvalue weighted by Crippen LogP contribution is -2.55. The van der Waals surface area contributed by atoms with E-state index in [1.807, 2.05) is 76.2 Å². The summed E-state index contributed by atoms with van der Waals surface area (Å²) in [5.74, 6) is -1.08. The Morgan fingerprint density at radius 1 is 1.03 bits per heavy atom. The smallest absolute Gasteiger partial charge is 0.408 e. The first-order chi connectivity index (χ1) is 17.9. The SMILES string of the molecule is CCC(C)C(NC(=O)OC(C)(C)C)C(=O)N(CCO)C(C(=O)NCc1ccccc1)c1cc(C)cc(C)c1. The molecule has 3 amide bonds. The van der Waals surface area contributed by atoms with Gasteiger partial charge in [0.15, 0.2) is 0 Å². The van der Waals surface area contributed by atoms with Gasteiger partial charge in [-0.2, -0.15) is 0 Å². The highest BCUT2D eigenvalue weighted by atomic mass is 16.6. The average Bonchev–Trinajstić information content (AvgIpc) is 2.84. The molecule has 0 aliphatic carbocycles. The minimum Gasteiger partial charge on any atom is -0.444 e. The highest BCUT2D eigenvalue weighted by Gasteiger charge is 2.38. The molecule has 0 saturated heterocycles. The summed E-state index contributed by atoms with van der Waals surface area (Å²) < 4.78 is 5.41. The van der Waals surface area contributed by atoms with Crippen LogP contribution in [-0.4, -0.2) is 52.7 Å². The van der Waals surface area contributed by atoms with Gasteiger partial charge < -0.3 is 25.4 Å². The Labute approximate surface area is 226 Å². The summed E-state index contributed by atoms with van der Waals surface area (Å²) in [5, 5.41) is 15.6. The zero-order chi connectivity index (χ0) is 28.5. The molecule has 38 heavy (non-hydrogen) atoms. The predicted octanol–water partition coefficient (Wildman–Crippen LogP) is 4.42. The molecule has 0 bridgehead atoms. The molecule has 0 heterocycles. The van der Waals surface area contributed by atoms with Crippen molar-refractivity contribution in [1.29, 1.82) is 0 Å². The molecule has 0 fully saturated rings. The van der Waals surface area contributed by atoms with Crippen molar-refractivity contribution < 1.29 is 24.2 Å². The van der Waals surface area contributed by atoms with Gasteiger partial charge in [-0.05, 0) is 51.7 Å². The number of benzene rings is 2. The molecule has 0 aliphatic heterocycles. The Hall–Kier alpha value is -3.39. The first-order valence-corrected chi connectivity index (χ1v) is 13.2. The van der Waals surface area contributed by atoms with Crippen LogP contribution in [0.5, 0.6) is 0 Å². The Kier molecular flexibility index (Phi) is 11.3. The van der Waals surface area contributed by atoms with Crippen LogP contribution in [0.15, 0.2) is 48.5 Å². The van der Waals surface area contributed by atoms with E-state index < -0.39 is 29.7 Å². The van der Waals surface area contributed by atoms with E-state index in [2.05, 4.69) is 10.6 Å². The molecule has 2 aromatic rings. The average molecular weight is 526 g/mol. The molecule has 2 rings (SSSR count). The second-order valence-electron chi connectivity index (χ2n) is 10.8. The molecule has 0 aromatic heterocycles. The molecule has 3 unspecified atom stereocenters. The maximum absolute atomic E-state index is 14.1. The normalized spacial score (nSPS) is 13.7. The number of carbonyl (C=O) groups is 3. The summed E-state index contributed by atoms with van der Waals surface area (Å²) in [7, 11) is 0. The maximum atomic E-state index is 14.1. The lowest BCUT2D eigenvalue weighted by molar-refractivity contribution is -0.144. The van der Waals surface area contributed by atoms with Crippen LogP contribution in [0.2, 0.25) is 0 Å². The van der Waals surface area contributed by atoms with E-state index in [-0.39, 0.29) is 31.5 Å². The monoisotopic (exact) mass is 525 g/mol. The highest BCUT2D eigenvalue weighted by molar-refractivity contribution is 5.92. The number of carbonyl (C=O) groups excluding carboxylic acids is 3. The number of hydrogen-bond acceptors (Lipinski definition) is 5. The molecule has 0 spiro atoms. The number of ether oxygens (including phenoxy) is 1. The van der Waals surface area contributed by atoms with Crippen molar-refractivity contribution in [3.8, 4) is 0 Å². The number of alkyl carbamates (subject to hydrolysis) is 1. The van der Waals surface area contributed by atoms with Crippen LogP contribution in [0.3, 0.4) is 0 Å². The van der Waals surface area contributed by atoms with Crippen LogP contribution >= 0.6 is 0 Å². The van der Waals surface area contributed by atoms with Gasteiger partial charge in [0.2, 0.25) is 11.8 Å². The Morgan fingerprint density at radius 2 is 1.63 bits per heavy atom. The van der Waals surface area contributed by atoms with E-state index >= 15 is 0 Å². The molecule has 0 saturated carbocycles. The van der Waals surface area contributed by atoms with Crippen LogP contribution in [0.25, 0.3) is 0 Å². The van der Waals surface area contributed by atoms with Crippen molar-refractivity contribution in [3.05, 3.63) is 70.8 Å². The van der Waals surface area contributed by atoms with Crippen LogP contribution in [0.4, 0.5) is 4.79 Å². The van der Waals surface area contributed by atoms with Crippen molar-refractivity contribution in [2.45, 2.75) is 79.1 Å². The fraction of sp³-hybridized carbons (Fsp3) is 0.500. The van der Waals surface area contributed by atoms with E-state index in [1.165, 1.54) is 4.90 Å². The number of rotatable bonds is 11. The van der Waals surface area contributed by atoms with Gasteiger partial charge in [0.05, 0.1) is 6.61 Å². The topological polar surface area (TPSA) is 108 Å². The van der Waals surface area contributed by atoms with E-state index in [1.54, 1.807) is 20.8 Å². The second kappa shape index (κ2) is 14.0. The maximum Gasteiger partial charge on any atom is 0.408 e. The number of nitrogens with one attached hydrogen (secondary N) is 2. The summed E-state index contributed by atoms with van der Waals surface area (Å²) in [5.41, 5.74) is 2.71. The highest BCUT2D eigenvalue weighted by Crippen LogP contribution is 2.26. The number of nitrogens with zero attached hydrogens (tertiary/aromatic N) is 1. The van der Waals surface area contributed by atoms with Crippen LogP contribution < -0.4 is 10.6 Å². The lowest BCUT2D eigenvalue weighted by atomic mass is 9.94. The van der Waals surface area contributed by atoms with Gasteiger partial charge in [-0.15, -0.1) is 0 Å². The van der Waals surface area contributed by atoms with Crippen molar-refractivity contribution in [3.63, 3.8) is 0 Å². The minimum atomic E-state index is -1.01. The van der Waals surface area contributed by atoms with Crippen molar-refractivity contribution in [2.24, 2.45) is 5.92 Å². The Balaban J connectivity index is 2.49. The van der Waals surface area contributed by atoms with Gasteiger partial charge in [0.25, 0.3) is 0 Å². The van der Waals surface area contributed by atoms with Gasteiger partial charge in [-0.3, -0.25) is 9.59 Å².